The lowest BCUT2D eigenvalue weighted by molar-refractivity contribution is -0.417. The van der Waals surface area contributed by atoms with Crippen molar-refractivity contribution < 1.29 is 26.9 Å². The van der Waals surface area contributed by atoms with Crippen molar-refractivity contribution in [2.24, 2.45) is 5.73 Å². The molecule has 0 fully saturated rings. The monoisotopic (exact) mass is 305 g/mol. The summed E-state index contributed by atoms with van der Waals surface area (Å²) in [5.74, 6) is 0.699. The van der Waals surface area contributed by atoms with Gasteiger partial charge in [-0.15, -0.1) is 0 Å². The van der Waals surface area contributed by atoms with E-state index in [1.807, 2.05) is 0 Å². The summed E-state index contributed by atoms with van der Waals surface area (Å²) in [7, 11) is 1.75. The first-order valence-corrected chi connectivity index (χ1v) is 5.28. The van der Waals surface area contributed by atoms with E-state index in [4.69, 9.17) is 5.73 Å². The van der Waals surface area contributed by atoms with Crippen LogP contribution in [-0.2, 0) is 5.75 Å². The molecule has 1 rings (SSSR count). The van der Waals surface area contributed by atoms with Crippen molar-refractivity contribution in [2.75, 3.05) is 7.05 Å². The Morgan fingerprint density at radius 3 is 2.50 bits per heavy atom. The van der Waals surface area contributed by atoms with Crippen LogP contribution < -0.4 is 27.7 Å². The summed E-state index contributed by atoms with van der Waals surface area (Å²) >= 11 is 1.46. The fraction of sp³-hybridized carbons (Fsp3) is 0.222. The molecule has 1 aromatic rings. The van der Waals surface area contributed by atoms with Crippen LogP contribution in [0.3, 0.4) is 0 Å². The molecule has 16 heavy (non-hydrogen) atoms. The van der Waals surface area contributed by atoms with Gasteiger partial charge in [0.2, 0.25) is 0 Å². The third-order valence-electron chi connectivity index (χ3n) is 1.79. The third-order valence-corrected chi connectivity index (χ3v) is 2.78. The Bertz CT molecular complexity index is 381. The summed E-state index contributed by atoms with van der Waals surface area (Å²) in [6.45, 7) is 0. The van der Waals surface area contributed by atoms with Gasteiger partial charge in [-0.05, 0) is 17.3 Å². The first kappa shape index (κ1) is 14.9. The van der Waals surface area contributed by atoms with Crippen LogP contribution in [0.2, 0.25) is 0 Å². The second-order valence-electron chi connectivity index (χ2n) is 2.83. The molecule has 0 aliphatic carbocycles. The Morgan fingerprint density at radius 1 is 1.50 bits per heavy atom. The minimum Gasteiger partial charge on any atom is -1.00 e. The lowest BCUT2D eigenvalue weighted by Gasteiger charge is -1.97. The van der Waals surface area contributed by atoms with Gasteiger partial charge < -0.3 is 17.0 Å². The summed E-state index contributed by atoms with van der Waals surface area (Å²) in [6, 6.07) is 6.44. The van der Waals surface area contributed by atoms with Crippen LogP contribution in [0.5, 0.6) is 0 Å². The number of nitrogens with two attached hydrogens (primary N) is 1. The van der Waals surface area contributed by atoms with E-state index in [1.165, 1.54) is 23.9 Å². The summed E-state index contributed by atoms with van der Waals surface area (Å²) in [5, 5.41) is 11.0. The number of amidine groups is 1. The Morgan fingerprint density at radius 2 is 2.06 bits per heavy atom. The number of thioether (sulfide) groups is 1. The summed E-state index contributed by atoms with van der Waals surface area (Å²) in [5.41, 5.74) is 6.67. The largest absolute Gasteiger partial charge is 1.00 e. The van der Waals surface area contributed by atoms with E-state index in [9.17, 15) is 10.1 Å². The van der Waals surface area contributed by atoms with Crippen LogP contribution in [0.15, 0.2) is 24.3 Å². The van der Waals surface area contributed by atoms with E-state index in [2.05, 4.69) is 4.99 Å². The maximum absolute atomic E-state index is 10.4. The molecule has 0 aromatic heterocycles. The number of non-ortho nitro benzene ring substituents is 1. The number of hydrogen-bond donors (Lipinski definition) is 2. The zero-order chi connectivity index (χ0) is 11.3. The van der Waals surface area contributed by atoms with Crippen molar-refractivity contribution in [1.82, 2.24) is 0 Å². The Hall–Kier alpha value is -1.08. The summed E-state index contributed by atoms with van der Waals surface area (Å²) in [6.07, 6.45) is 0. The number of benzene rings is 1. The molecular weight excluding hydrogens is 294 g/mol. The van der Waals surface area contributed by atoms with Crippen LogP contribution in [0.1, 0.15) is 5.56 Å². The number of halogens is 1. The molecule has 0 radical (unpaired) electrons. The molecule has 0 bridgehead atoms. The second-order valence-corrected chi connectivity index (χ2v) is 3.84. The molecule has 0 amide bonds. The van der Waals surface area contributed by atoms with E-state index in [0.29, 0.717) is 10.9 Å². The number of hydrogen-bond acceptors (Lipinski definition) is 3. The Kier molecular flexibility index (Phi) is 6.75. The highest BCUT2D eigenvalue weighted by Gasteiger charge is 2.05. The highest BCUT2D eigenvalue weighted by Crippen LogP contribution is 2.15. The van der Waals surface area contributed by atoms with E-state index in [0.717, 1.165) is 5.56 Å². The number of rotatable bonds is 3. The molecule has 3 N–H and O–H groups in total. The van der Waals surface area contributed by atoms with Crippen molar-refractivity contribution in [3.63, 3.8) is 0 Å². The topological polar surface area (TPSA) is 83.1 Å². The minimum absolute atomic E-state index is 0. The average Bonchev–Trinajstić information content (AvgIpc) is 2.26. The van der Waals surface area contributed by atoms with Gasteiger partial charge in [-0.2, -0.15) is 0 Å². The Balaban J connectivity index is 0.00000225. The maximum Gasteiger partial charge on any atom is 0.302 e. The van der Waals surface area contributed by atoms with Crippen LogP contribution in [0, 0.1) is 10.1 Å². The zero-order valence-corrected chi connectivity index (χ0v) is 11.0. The number of nitro benzene ring substituents is 1. The van der Waals surface area contributed by atoms with Crippen LogP contribution in [-0.4, -0.2) is 17.1 Å². The van der Waals surface area contributed by atoms with Gasteiger partial charge in [0, 0.05) is 17.9 Å². The number of nitro groups is 1. The smallest absolute Gasteiger partial charge is 0.302 e. The van der Waals surface area contributed by atoms with Crippen LogP contribution in [0.4, 0.5) is 5.69 Å². The van der Waals surface area contributed by atoms with Gasteiger partial charge in [-0.3, -0.25) is 20.8 Å². The Labute approximate surface area is 108 Å². The number of nitrogens with zero attached hydrogens (tertiary/aromatic N) is 1. The van der Waals surface area contributed by atoms with Crippen molar-refractivity contribution in [3.05, 3.63) is 39.9 Å². The minimum atomic E-state index is -0.412. The van der Waals surface area contributed by atoms with Gasteiger partial charge in [0.1, 0.15) is 0 Å². The highest BCUT2D eigenvalue weighted by atomic mass is 79.9. The van der Waals surface area contributed by atoms with Gasteiger partial charge in [-0.25, -0.2) is 0 Å². The quantitative estimate of drug-likeness (QED) is 0.268. The van der Waals surface area contributed by atoms with Gasteiger partial charge in [0.15, 0.2) is 0 Å². The van der Waals surface area contributed by atoms with Gasteiger partial charge in [0.05, 0.1) is 12.0 Å². The number of nitrogens with one attached hydrogen (secondary N) is 1. The first-order chi connectivity index (χ1) is 7.13. The summed E-state index contributed by atoms with van der Waals surface area (Å²) in [4.78, 5) is 12.8. The molecule has 0 saturated heterocycles. The van der Waals surface area contributed by atoms with E-state index in [-0.39, 0.29) is 22.7 Å². The van der Waals surface area contributed by atoms with Gasteiger partial charge in [-0.1, -0.05) is 12.1 Å². The average molecular weight is 306 g/mol. The fourth-order valence-corrected chi connectivity index (χ4v) is 1.61. The molecule has 0 aliphatic rings. The molecule has 0 unspecified atom stereocenters. The molecule has 0 heterocycles. The van der Waals surface area contributed by atoms with Crippen molar-refractivity contribution in [1.29, 1.82) is 0 Å². The van der Waals surface area contributed by atoms with Gasteiger partial charge >= 0.3 is 5.17 Å². The predicted molar refractivity (Wildman–Crippen MR) is 60.5 cm³/mol. The molecule has 88 valence electrons. The SMILES string of the molecule is C[NH+]=C(N)SCc1ccc([N+](=O)[O-])cc1.[Br-]. The van der Waals surface area contributed by atoms with Crippen LogP contribution in [0.25, 0.3) is 0 Å². The molecule has 5 nitrogen and oxygen atoms in total. The standard InChI is InChI=1S/C9H11N3O2S.BrH/c1-11-9(10)15-6-7-2-4-8(5-3-7)12(13)14;/h2-5H,6H2,1H3,(H2,10,11);1H. The zero-order valence-electron chi connectivity index (χ0n) is 8.64. The molecule has 0 atom stereocenters. The van der Waals surface area contributed by atoms with Crippen molar-refractivity contribution in [3.8, 4) is 0 Å². The lowest BCUT2D eigenvalue weighted by atomic mass is 10.2. The van der Waals surface area contributed by atoms with Gasteiger partial charge in [0.25, 0.3) is 5.69 Å². The predicted octanol–water partition coefficient (Wildman–Crippen LogP) is -3.14. The molecule has 0 aliphatic heterocycles. The van der Waals surface area contributed by atoms with E-state index < -0.39 is 4.92 Å². The highest BCUT2D eigenvalue weighted by molar-refractivity contribution is 8.12. The molecule has 7 heteroatoms. The third kappa shape index (κ3) is 4.63. The molecule has 0 saturated carbocycles. The van der Waals surface area contributed by atoms with E-state index >= 15 is 0 Å². The van der Waals surface area contributed by atoms with E-state index in [1.54, 1.807) is 19.2 Å². The second kappa shape index (κ2) is 7.24. The molecule has 1 aromatic carbocycles. The maximum atomic E-state index is 10.4. The van der Waals surface area contributed by atoms with Crippen molar-refractivity contribution >= 4 is 22.6 Å². The molecular formula is C9H12BrN3O2S. The first-order valence-electron chi connectivity index (χ1n) is 4.30. The lowest BCUT2D eigenvalue weighted by Crippen LogP contribution is -3.00. The van der Waals surface area contributed by atoms with Crippen molar-refractivity contribution in [2.45, 2.75) is 5.75 Å². The summed E-state index contributed by atoms with van der Waals surface area (Å²) < 4.78 is 0. The normalized spacial score (nSPS) is 10.7. The molecule has 0 spiro atoms. The fourth-order valence-electron chi connectivity index (χ4n) is 0.947. The van der Waals surface area contributed by atoms with Crippen LogP contribution >= 0.6 is 11.8 Å².